The van der Waals surface area contributed by atoms with Crippen LogP contribution in [0.4, 0.5) is 4.39 Å². The molecule has 1 unspecified atom stereocenters. The molecule has 0 saturated carbocycles. The summed E-state index contributed by atoms with van der Waals surface area (Å²) in [7, 11) is -2.09. The molecule has 0 aliphatic heterocycles. The molecule has 0 spiro atoms. The van der Waals surface area contributed by atoms with Crippen molar-refractivity contribution < 1.29 is 60.2 Å². The number of halogens is 3. The van der Waals surface area contributed by atoms with Gasteiger partial charge in [0.25, 0.3) is 0 Å². The molecule has 2 rings (SSSR count). The third-order valence-corrected chi connectivity index (χ3v) is 7.85. The molecule has 0 heterocycles. The van der Waals surface area contributed by atoms with Crippen LogP contribution in [0.2, 0.25) is 13.1 Å². The summed E-state index contributed by atoms with van der Waals surface area (Å²) in [5, 5.41) is 1.39. The minimum atomic E-state index is -2.09. The van der Waals surface area contributed by atoms with Crippen molar-refractivity contribution in [1.29, 1.82) is 0 Å². The zero-order valence-electron chi connectivity index (χ0n) is 15.4. The Hall–Kier alpha value is -0.220. The van der Waals surface area contributed by atoms with E-state index in [-0.39, 0.29) is 62.7 Å². The van der Waals surface area contributed by atoms with Gasteiger partial charge in [-0.05, 0) is 69.6 Å². The summed E-state index contributed by atoms with van der Waals surface area (Å²) in [4.78, 5) is 15.7. The SMILES string of the molecule is CC1=C(C)C(C)C([Si](C)(C)NC(=O)c2ccc(F)cc2)=C1C.[Cl-].[Cl-].[Zr+2]. The van der Waals surface area contributed by atoms with E-state index < -0.39 is 8.24 Å². The first-order chi connectivity index (χ1) is 10.1. The maximum atomic E-state index is 13.0. The van der Waals surface area contributed by atoms with Crippen LogP contribution in [-0.2, 0) is 26.2 Å². The second-order valence-corrected chi connectivity index (χ2v) is 10.7. The fourth-order valence-corrected chi connectivity index (χ4v) is 6.67. The predicted molar refractivity (Wildman–Crippen MR) is 91.6 cm³/mol. The molecular weight excluding hydrogens is 455 g/mol. The van der Waals surface area contributed by atoms with Gasteiger partial charge in [-0.3, -0.25) is 4.79 Å². The van der Waals surface area contributed by atoms with Crippen LogP contribution in [0.25, 0.3) is 0 Å². The normalized spacial score (nSPS) is 16.7. The Labute approximate surface area is 182 Å². The first kappa shape index (κ1) is 27.0. The monoisotopic (exact) mass is 477 g/mol. The number of carbonyl (C=O) groups excluding carboxylic acids is 1. The van der Waals surface area contributed by atoms with Gasteiger partial charge in [0, 0.05) is 5.56 Å². The molecule has 1 amide bonds. The van der Waals surface area contributed by atoms with Gasteiger partial charge in [0.05, 0.1) is 0 Å². The fraction of sp³-hybridized carbons (Fsp3) is 0.389. The summed E-state index contributed by atoms with van der Waals surface area (Å²) in [5.41, 5.74) is 4.57. The third-order valence-electron chi connectivity index (χ3n) is 4.85. The Balaban J connectivity index is 0. The Kier molecular flexibility index (Phi) is 11.0. The van der Waals surface area contributed by atoms with Gasteiger partial charge < -0.3 is 29.8 Å². The molecule has 136 valence electrons. The van der Waals surface area contributed by atoms with Crippen LogP contribution in [0.3, 0.4) is 0 Å². The van der Waals surface area contributed by atoms with E-state index in [1.165, 1.54) is 46.2 Å². The van der Waals surface area contributed by atoms with E-state index >= 15 is 0 Å². The molecule has 7 heteroatoms. The Bertz CT molecular complexity index is 687. The molecule has 0 radical (unpaired) electrons. The van der Waals surface area contributed by atoms with Gasteiger partial charge in [-0.1, -0.05) is 23.3 Å². The van der Waals surface area contributed by atoms with Gasteiger partial charge >= 0.3 is 26.2 Å². The van der Waals surface area contributed by atoms with E-state index in [2.05, 4.69) is 45.8 Å². The van der Waals surface area contributed by atoms with Crippen LogP contribution in [0.5, 0.6) is 0 Å². The number of nitrogens with one attached hydrogen (secondary N) is 1. The summed E-state index contributed by atoms with van der Waals surface area (Å²) < 4.78 is 13.0. The average Bonchev–Trinajstić information content (AvgIpc) is 2.63. The van der Waals surface area contributed by atoms with E-state index in [1.807, 2.05) is 0 Å². The number of hydrogen-bond acceptors (Lipinski definition) is 1. The Morgan fingerprint density at radius 1 is 1.04 bits per heavy atom. The smallest absolute Gasteiger partial charge is 1.00 e. The molecule has 1 N–H and O–H groups in total. The average molecular weight is 480 g/mol. The predicted octanol–water partition coefficient (Wildman–Crippen LogP) is -1.39. The number of hydrogen-bond donors (Lipinski definition) is 1. The fourth-order valence-electron chi connectivity index (χ4n) is 3.40. The van der Waals surface area contributed by atoms with Crippen LogP contribution < -0.4 is 29.8 Å². The summed E-state index contributed by atoms with van der Waals surface area (Å²) >= 11 is 0. The molecule has 1 aliphatic carbocycles. The van der Waals surface area contributed by atoms with Crippen LogP contribution in [0.15, 0.2) is 46.2 Å². The number of allylic oxidation sites excluding steroid dienone is 4. The molecule has 1 aromatic carbocycles. The van der Waals surface area contributed by atoms with Gasteiger partial charge in [-0.15, -0.1) is 0 Å². The Morgan fingerprint density at radius 3 is 1.92 bits per heavy atom. The van der Waals surface area contributed by atoms with Crippen molar-refractivity contribution in [3.05, 3.63) is 57.6 Å². The Morgan fingerprint density at radius 2 is 1.52 bits per heavy atom. The van der Waals surface area contributed by atoms with E-state index in [1.54, 1.807) is 0 Å². The van der Waals surface area contributed by atoms with Crippen molar-refractivity contribution >= 4 is 14.1 Å². The molecule has 25 heavy (non-hydrogen) atoms. The first-order valence-electron chi connectivity index (χ1n) is 7.62. The summed E-state index contributed by atoms with van der Waals surface area (Å²) in [6.07, 6.45) is 0. The summed E-state index contributed by atoms with van der Waals surface area (Å²) in [5.74, 6) is -0.0620. The molecule has 0 bridgehead atoms. The van der Waals surface area contributed by atoms with E-state index in [9.17, 15) is 9.18 Å². The third kappa shape index (κ3) is 5.63. The second kappa shape index (κ2) is 10.2. The maximum absolute atomic E-state index is 13.0. The van der Waals surface area contributed by atoms with E-state index in [0.29, 0.717) is 11.5 Å². The molecular formula is C18H24Cl2FNOSiZr. The van der Waals surface area contributed by atoms with Crippen molar-refractivity contribution in [3.8, 4) is 0 Å². The first-order valence-corrected chi connectivity index (χ1v) is 10.6. The van der Waals surface area contributed by atoms with E-state index in [4.69, 9.17) is 0 Å². The maximum Gasteiger partial charge on any atom is 2.00 e. The zero-order chi connectivity index (χ0) is 16.7. The van der Waals surface area contributed by atoms with Crippen molar-refractivity contribution in [1.82, 2.24) is 4.98 Å². The molecule has 1 aliphatic rings. The minimum absolute atomic E-state index is 0. The van der Waals surface area contributed by atoms with Gasteiger partial charge in [0.2, 0.25) is 5.91 Å². The van der Waals surface area contributed by atoms with Crippen LogP contribution in [0, 0.1) is 11.7 Å². The standard InChI is InChI=1S/C18H24FNOSi.2ClH.Zr/c1-11-12(2)14(4)17(13(11)3)22(5,6)20-18(21)15-7-9-16(19)10-8-15;;;/h7-10,13H,1-6H3,(H,20,21);2*1H;/q;;;+2/p-2. The van der Waals surface area contributed by atoms with Crippen LogP contribution in [0.1, 0.15) is 38.1 Å². The van der Waals surface area contributed by atoms with Crippen molar-refractivity contribution in [3.63, 3.8) is 0 Å². The van der Waals surface area contributed by atoms with Crippen molar-refractivity contribution in [2.24, 2.45) is 5.92 Å². The zero-order valence-corrected chi connectivity index (χ0v) is 20.4. The molecule has 0 aromatic heterocycles. The largest absolute Gasteiger partial charge is 2.00 e. The van der Waals surface area contributed by atoms with Crippen molar-refractivity contribution in [2.45, 2.75) is 40.8 Å². The van der Waals surface area contributed by atoms with Crippen molar-refractivity contribution in [2.75, 3.05) is 0 Å². The number of amides is 1. The second-order valence-electron chi connectivity index (χ2n) is 6.65. The van der Waals surface area contributed by atoms with Gasteiger partial charge in [0.1, 0.15) is 5.82 Å². The molecule has 1 aromatic rings. The summed E-state index contributed by atoms with van der Waals surface area (Å²) in [6, 6.07) is 5.70. The minimum Gasteiger partial charge on any atom is -1.00 e. The van der Waals surface area contributed by atoms with Crippen LogP contribution in [-0.4, -0.2) is 14.1 Å². The number of benzene rings is 1. The van der Waals surface area contributed by atoms with Gasteiger partial charge in [-0.2, -0.15) is 0 Å². The summed E-state index contributed by atoms with van der Waals surface area (Å²) in [6.45, 7) is 13.0. The number of carbonyl (C=O) groups is 1. The molecule has 0 saturated heterocycles. The molecule has 2 nitrogen and oxygen atoms in total. The van der Waals surface area contributed by atoms with E-state index in [0.717, 1.165) is 0 Å². The molecule has 1 atom stereocenters. The van der Waals surface area contributed by atoms with Crippen LogP contribution >= 0.6 is 0 Å². The number of rotatable bonds is 3. The van der Waals surface area contributed by atoms with Gasteiger partial charge in [0.15, 0.2) is 8.24 Å². The quantitative estimate of drug-likeness (QED) is 0.532. The topological polar surface area (TPSA) is 29.1 Å². The molecule has 0 fully saturated rings. The van der Waals surface area contributed by atoms with Gasteiger partial charge in [-0.25, -0.2) is 4.39 Å².